The molecule has 5 nitrogen and oxygen atoms in total. The highest BCUT2D eigenvalue weighted by Crippen LogP contribution is 2.21. The van der Waals surface area contributed by atoms with E-state index in [1.54, 1.807) is 24.0 Å². The summed E-state index contributed by atoms with van der Waals surface area (Å²) in [6.45, 7) is 0. The topological polar surface area (TPSA) is 60.9 Å². The van der Waals surface area contributed by atoms with Crippen molar-refractivity contribution in [2.75, 3.05) is 0 Å². The minimum Gasteiger partial charge on any atom is -0.461 e. The summed E-state index contributed by atoms with van der Waals surface area (Å²) >= 11 is 0. The van der Waals surface area contributed by atoms with Gasteiger partial charge in [-0.05, 0) is 6.07 Å². The standard InChI is InChI=1S/C8H7N3O2/c1-11-7(4-9-10-11)6-2-3-13-8(6)5-12/h2-5H,1H3. The molecule has 0 aliphatic rings. The Bertz CT molecular complexity index is 430. The van der Waals surface area contributed by atoms with Crippen molar-refractivity contribution in [3.63, 3.8) is 0 Å². The smallest absolute Gasteiger partial charge is 0.186 e. The molecule has 66 valence electrons. The molecule has 0 aliphatic carbocycles. The van der Waals surface area contributed by atoms with E-state index in [2.05, 4.69) is 10.3 Å². The lowest BCUT2D eigenvalue weighted by Gasteiger charge is -1.95. The fraction of sp³-hybridized carbons (Fsp3) is 0.125. The molecule has 2 aromatic heterocycles. The minimum absolute atomic E-state index is 0.297. The third-order valence-corrected chi connectivity index (χ3v) is 1.79. The van der Waals surface area contributed by atoms with Gasteiger partial charge in [0.2, 0.25) is 0 Å². The molecule has 13 heavy (non-hydrogen) atoms. The second-order valence-electron chi connectivity index (χ2n) is 2.56. The maximum Gasteiger partial charge on any atom is 0.186 e. The van der Waals surface area contributed by atoms with Gasteiger partial charge in [0, 0.05) is 7.05 Å². The van der Waals surface area contributed by atoms with Crippen LogP contribution >= 0.6 is 0 Å². The number of furan rings is 1. The van der Waals surface area contributed by atoms with Crippen molar-refractivity contribution in [1.29, 1.82) is 0 Å². The Kier molecular flexibility index (Phi) is 1.70. The van der Waals surface area contributed by atoms with Crippen LogP contribution in [0.1, 0.15) is 10.6 Å². The van der Waals surface area contributed by atoms with Crippen LogP contribution in [0.15, 0.2) is 22.9 Å². The summed E-state index contributed by atoms with van der Waals surface area (Å²) in [5.74, 6) is 0.297. The first-order valence-corrected chi connectivity index (χ1v) is 3.70. The van der Waals surface area contributed by atoms with Crippen molar-refractivity contribution in [2.24, 2.45) is 7.05 Å². The highest BCUT2D eigenvalue weighted by Gasteiger charge is 2.10. The lowest BCUT2D eigenvalue weighted by Crippen LogP contribution is -1.94. The Morgan fingerprint density at radius 2 is 2.46 bits per heavy atom. The normalized spacial score (nSPS) is 10.2. The third-order valence-electron chi connectivity index (χ3n) is 1.79. The fourth-order valence-electron chi connectivity index (χ4n) is 1.16. The van der Waals surface area contributed by atoms with E-state index in [9.17, 15) is 4.79 Å². The number of aldehydes is 1. The van der Waals surface area contributed by atoms with Gasteiger partial charge in [0.1, 0.15) is 0 Å². The second-order valence-corrected chi connectivity index (χ2v) is 2.56. The number of carbonyl (C=O) groups excluding carboxylic acids is 1. The van der Waals surface area contributed by atoms with Crippen LogP contribution in [0.5, 0.6) is 0 Å². The van der Waals surface area contributed by atoms with E-state index in [-0.39, 0.29) is 0 Å². The van der Waals surface area contributed by atoms with E-state index < -0.39 is 0 Å². The van der Waals surface area contributed by atoms with E-state index in [1.807, 2.05) is 0 Å². The van der Waals surface area contributed by atoms with Crippen LogP contribution in [-0.2, 0) is 7.05 Å². The highest BCUT2D eigenvalue weighted by molar-refractivity contribution is 5.82. The molecule has 0 unspecified atom stereocenters. The molecule has 0 spiro atoms. The van der Waals surface area contributed by atoms with Crippen molar-refractivity contribution in [2.45, 2.75) is 0 Å². The third kappa shape index (κ3) is 1.14. The fourth-order valence-corrected chi connectivity index (χ4v) is 1.16. The van der Waals surface area contributed by atoms with Gasteiger partial charge in [0.15, 0.2) is 12.0 Å². The highest BCUT2D eigenvalue weighted by atomic mass is 16.3. The van der Waals surface area contributed by atoms with Crippen molar-refractivity contribution in [3.05, 3.63) is 24.3 Å². The van der Waals surface area contributed by atoms with Crippen LogP contribution in [0.25, 0.3) is 11.3 Å². The summed E-state index contributed by atoms with van der Waals surface area (Å²) < 4.78 is 6.54. The predicted octanol–water partition coefficient (Wildman–Crippen LogP) is 0.888. The van der Waals surface area contributed by atoms with Gasteiger partial charge in [0.05, 0.1) is 23.7 Å². The quantitative estimate of drug-likeness (QED) is 0.639. The number of carbonyl (C=O) groups is 1. The summed E-state index contributed by atoms with van der Waals surface area (Å²) in [7, 11) is 1.75. The average Bonchev–Trinajstić information content (AvgIpc) is 2.71. The first-order valence-electron chi connectivity index (χ1n) is 3.70. The molecular weight excluding hydrogens is 170 g/mol. The first-order chi connectivity index (χ1) is 6.33. The van der Waals surface area contributed by atoms with Gasteiger partial charge < -0.3 is 4.42 Å². The van der Waals surface area contributed by atoms with Gasteiger partial charge in [-0.25, -0.2) is 4.68 Å². The average molecular weight is 177 g/mol. The Hall–Kier alpha value is -1.91. The molecule has 0 fully saturated rings. The Morgan fingerprint density at radius 1 is 1.62 bits per heavy atom. The van der Waals surface area contributed by atoms with Gasteiger partial charge in [-0.15, -0.1) is 5.10 Å². The van der Waals surface area contributed by atoms with E-state index in [1.165, 1.54) is 6.26 Å². The molecule has 0 N–H and O–H groups in total. The van der Waals surface area contributed by atoms with Crippen LogP contribution in [-0.4, -0.2) is 21.3 Å². The van der Waals surface area contributed by atoms with Crippen molar-refractivity contribution in [1.82, 2.24) is 15.0 Å². The molecule has 2 aromatic rings. The molecule has 5 heteroatoms. The van der Waals surface area contributed by atoms with Crippen LogP contribution in [0, 0.1) is 0 Å². The molecule has 2 heterocycles. The molecule has 0 radical (unpaired) electrons. The van der Waals surface area contributed by atoms with Gasteiger partial charge >= 0.3 is 0 Å². The summed E-state index contributed by atoms with van der Waals surface area (Å²) in [6.07, 6.45) is 3.71. The van der Waals surface area contributed by atoms with E-state index in [4.69, 9.17) is 4.42 Å². The Labute approximate surface area is 74.0 Å². The van der Waals surface area contributed by atoms with E-state index >= 15 is 0 Å². The van der Waals surface area contributed by atoms with E-state index in [0.717, 1.165) is 5.69 Å². The van der Waals surface area contributed by atoms with Gasteiger partial charge in [-0.3, -0.25) is 4.79 Å². The molecule has 0 saturated heterocycles. The lowest BCUT2D eigenvalue weighted by atomic mass is 10.2. The van der Waals surface area contributed by atoms with Crippen molar-refractivity contribution in [3.8, 4) is 11.3 Å². The molecular formula is C8H7N3O2. The monoisotopic (exact) mass is 177 g/mol. The Morgan fingerprint density at radius 3 is 3.08 bits per heavy atom. The lowest BCUT2D eigenvalue weighted by molar-refractivity contribution is 0.110. The number of nitrogens with zero attached hydrogens (tertiary/aromatic N) is 3. The first kappa shape index (κ1) is 7.72. The van der Waals surface area contributed by atoms with Crippen LogP contribution < -0.4 is 0 Å². The van der Waals surface area contributed by atoms with Crippen LogP contribution in [0.2, 0.25) is 0 Å². The van der Waals surface area contributed by atoms with Gasteiger partial charge in [0.25, 0.3) is 0 Å². The SMILES string of the molecule is Cn1nncc1-c1ccoc1C=O. The van der Waals surface area contributed by atoms with Crippen LogP contribution in [0.3, 0.4) is 0 Å². The maximum absolute atomic E-state index is 10.6. The summed E-state index contributed by atoms with van der Waals surface area (Å²) in [4.78, 5) is 10.6. The van der Waals surface area contributed by atoms with Crippen molar-refractivity contribution >= 4 is 6.29 Å². The van der Waals surface area contributed by atoms with Crippen molar-refractivity contribution < 1.29 is 9.21 Å². The van der Waals surface area contributed by atoms with Gasteiger partial charge in [-0.2, -0.15) is 0 Å². The molecule has 0 amide bonds. The molecule has 0 bridgehead atoms. The molecule has 0 atom stereocenters. The molecule has 0 aromatic carbocycles. The number of hydrogen-bond acceptors (Lipinski definition) is 4. The summed E-state index contributed by atoms with van der Waals surface area (Å²) in [5, 5.41) is 7.47. The minimum atomic E-state index is 0.297. The summed E-state index contributed by atoms with van der Waals surface area (Å²) in [6, 6.07) is 1.71. The predicted molar refractivity (Wildman–Crippen MR) is 44.1 cm³/mol. The molecule has 0 saturated carbocycles. The second kappa shape index (κ2) is 2.85. The molecule has 2 rings (SSSR count). The largest absolute Gasteiger partial charge is 0.461 e. The van der Waals surface area contributed by atoms with E-state index in [0.29, 0.717) is 17.6 Å². The zero-order valence-electron chi connectivity index (χ0n) is 6.97. The van der Waals surface area contributed by atoms with Gasteiger partial charge in [-0.1, -0.05) is 5.21 Å². The summed E-state index contributed by atoms with van der Waals surface area (Å²) in [5.41, 5.74) is 1.47. The number of aromatic nitrogens is 3. The van der Waals surface area contributed by atoms with Crippen LogP contribution in [0.4, 0.5) is 0 Å². The Balaban J connectivity index is 2.58. The zero-order chi connectivity index (χ0) is 9.26. The number of rotatable bonds is 2. The maximum atomic E-state index is 10.6. The zero-order valence-corrected chi connectivity index (χ0v) is 6.97. The number of aryl methyl sites for hydroxylation is 1. The molecule has 0 aliphatic heterocycles. The number of hydrogen-bond donors (Lipinski definition) is 0.